The molecule has 0 aliphatic heterocycles. The van der Waals surface area contributed by atoms with Gasteiger partial charge in [0.25, 0.3) is 0 Å². The third-order valence-electron chi connectivity index (χ3n) is 5.12. The van der Waals surface area contributed by atoms with E-state index in [1.165, 1.54) is 0 Å². The number of para-hydroxylation sites is 2. The zero-order valence-corrected chi connectivity index (χ0v) is 17.4. The quantitative estimate of drug-likeness (QED) is 0.457. The summed E-state index contributed by atoms with van der Waals surface area (Å²) in [6.45, 7) is 4.62. The van der Waals surface area contributed by atoms with Gasteiger partial charge in [-0.3, -0.25) is 0 Å². The lowest BCUT2D eigenvalue weighted by molar-refractivity contribution is 0.202. The highest BCUT2D eigenvalue weighted by Gasteiger charge is 2.22. The number of hydrogen-bond acceptors (Lipinski definition) is 4. The van der Waals surface area contributed by atoms with Crippen molar-refractivity contribution in [2.75, 3.05) is 7.11 Å². The summed E-state index contributed by atoms with van der Waals surface area (Å²) in [6, 6.07) is 23.6. The maximum Gasteiger partial charge on any atom is 0.161 e. The second-order valence-electron chi connectivity index (χ2n) is 7.51. The molecule has 1 heterocycles. The van der Waals surface area contributed by atoms with Gasteiger partial charge in [-0.1, -0.05) is 48.5 Å². The Morgan fingerprint density at radius 3 is 2.40 bits per heavy atom. The molecule has 0 radical (unpaired) electrons. The normalized spacial score (nSPS) is 12.3. The van der Waals surface area contributed by atoms with Crippen molar-refractivity contribution in [1.29, 1.82) is 0 Å². The van der Waals surface area contributed by atoms with E-state index in [-0.39, 0.29) is 6.04 Å². The largest absolute Gasteiger partial charge is 0.493 e. The van der Waals surface area contributed by atoms with Crippen LogP contribution in [0.25, 0.3) is 11.0 Å². The van der Waals surface area contributed by atoms with Crippen molar-refractivity contribution in [3.63, 3.8) is 0 Å². The third kappa shape index (κ3) is 3.89. The molecule has 154 valence electrons. The van der Waals surface area contributed by atoms with E-state index in [2.05, 4.69) is 18.4 Å². The molecule has 4 rings (SSSR count). The van der Waals surface area contributed by atoms with Crippen LogP contribution in [0.2, 0.25) is 0 Å². The van der Waals surface area contributed by atoms with Crippen LogP contribution in [0.5, 0.6) is 11.5 Å². The highest BCUT2D eigenvalue weighted by atomic mass is 16.5. The average molecular weight is 402 g/mol. The summed E-state index contributed by atoms with van der Waals surface area (Å²) in [5.74, 6) is 1.83. The minimum Gasteiger partial charge on any atom is -0.493 e. The first-order valence-electron chi connectivity index (χ1n) is 10.1. The summed E-state index contributed by atoms with van der Waals surface area (Å²) < 4.78 is 13.5. The van der Waals surface area contributed by atoms with Gasteiger partial charge in [0.05, 0.1) is 18.1 Å². The van der Waals surface area contributed by atoms with Crippen molar-refractivity contribution in [3.8, 4) is 11.5 Å². The SMILES string of the molecule is COc1cc([C@@H](O)c2nc3ccccc3n2C(C)C)ccc1OCc1ccccc1. The third-order valence-corrected chi connectivity index (χ3v) is 5.12. The first kappa shape index (κ1) is 20.0. The zero-order valence-electron chi connectivity index (χ0n) is 17.4. The van der Waals surface area contributed by atoms with Gasteiger partial charge in [-0.05, 0) is 49.2 Å². The van der Waals surface area contributed by atoms with Gasteiger partial charge in [-0.2, -0.15) is 0 Å². The highest BCUT2D eigenvalue weighted by Crippen LogP contribution is 2.34. The Morgan fingerprint density at radius 1 is 0.933 bits per heavy atom. The lowest BCUT2D eigenvalue weighted by Gasteiger charge is -2.18. The Balaban J connectivity index is 1.64. The van der Waals surface area contributed by atoms with Crippen molar-refractivity contribution in [2.45, 2.75) is 32.6 Å². The highest BCUT2D eigenvalue weighted by molar-refractivity contribution is 5.76. The van der Waals surface area contributed by atoms with Crippen LogP contribution in [-0.4, -0.2) is 21.8 Å². The van der Waals surface area contributed by atoms with E-state index in [9.17, 15) is 5.11 Å². The molecule has 3 aromatic carbocycles. The lowest BCUT2D eigenvalue weighted by atomic mass is 10.1. The molecular formula is C25H26N2O3. The molecule has 0 unspecified atom stereocenters. The summed E-state index contributed by atoms with van der Waals surface area (Å²) in [7, 11) is 1.60. The molecule has 0 aliphatic rings. The summed E-state index contributed by atoms with van der Waals surface area (Å²) in [6.07, 6.45) is -0.878. The molecule has 30 heavy (non-hydrogen) atoms. The van der Waals surface area contributed by atoms with Crippen LogP contribution in [-0.2, 0) is 6.61 Å². The van der Waals surface area contributed by atoms with Crippen molar-refractivity contribution in [2.24, 2.45) is 0 Å². The van der Waals surface area contributed by atoms with Gasteiger partial charge >= 0.3 is 0 Å². The van der Waals surface area contributed by atoms with E-state index in [0.717, 1.165) is 16.6 Å². The summed E-state index contributed by atoms with van der Waals surface area (Å²) >= 11 is 0. The Kier molecular flexibility index (Phi) is 5.72. The Labute approximate surface area is 176 Å². The fraction of sp³-hybridized carbons (Fsp3) is 0.240. The molecule has 0 fully saturated rings. The maximum absolute atomic E-state index is 11.2. The van der Waals surface area contributed by atoms with E-state index in [4.69, 9.17) is 14.5 Å². The van der Waals surface area contributed by atoms with Gasteiger partial charge in [0.1, 0.15) is 18.5 Å². The smallest absolute Gasteiger partial charge is 0.161 e. The number of ether oxygens (including phenoxy) is 2. The molecule has 1 N–H and O–H groups in total. The second kappa shape index (κ2) is 8.59. The number of aliphatic hydroxyl groups excluding tert-OH is 1. The summed E-state index contributed by atoms with van der Waals surface area (Å²) in [5.41, 5.74) is 3.66. The predicted octanol–water partition coefficient (Wildman–Crippen LogP) is 5.29. The van der Waals surface area contributed by atoms with Crippen LogP contribution in [0.3, 0.4) is 0 Å². The van der Waals surface area contributed by atoms with Crippen LogP contribution < -0.4 is 9.47 Å². The fourth-order valence-corrected chi connectivity index (χ4v) is 3.66. The van der Waals surface area contributed by atoms with Crippen LogP contribution in [0.4, 0.5) is 0 Å². The molecule has 0 amide bonds. The van der Waals surface area contributed by atoms with Gasteiger partial charge in [0, 0.05) is 6.04 Å². The van der Waals surface area contributed by atoms with E-state index < -0.39 is 6.10 Å². The molecule has 4 aromatic rings. The summed E-state index contributed by atoms with van der Waals surface area (Å²) in [5, 5.41) is 11.2. The zero-order chi connectivity index (χ0) is 21.1. The molecule has 0 saturated heterocycles. The number of hydrogen-bond donors (Lipinski definition) is 1. The van der Waals surface area contributed by atoms with Gasteiger partial charge in [0.15, 0.2) is 11.5 Å². The van der Waals surface area contributed by atoms with Crippen molar-refractivity contribution in [1.82, 2.24) is 9.55 Å². The molecule has 0 spiro atoms. The van der Waals surface area contributed by atoms with E-state index in [1.54, 1.807) is 7.11 Å². The Bertz CT molecular complexity index is 1140. The van der Waals surface area contributed by atoms with E-state index in [0.29, 0.717) is 29.5 Å². The fourth-order valence-electron chi connectivity index (χ4n) is 3.66. The van der Waals surface area contributed by atoms with Crippen LogP contribution in [0.1, 0.15) is 42.9 Å². The van der Waals surface area contributed by atoms with E-state index >= 15 is 0 Å². The minimum absolute atomic E-state index is 0.164. The number of fused-ring (bicyclic) bond motifs is 1. The van der Waals surface area contributed by atoms with Crippen LogP contribution in [0.15, 0.2) is 72.8 Å². The number of benzene rings is 3. The van der Waals surface area contributed by atoms with Crippen molar-refractivity contribution in [3.05, 3.63) is 89.7 Å². The van der Waals surface area contributed by atoms with Gasteiger partial charge in [-0.25, -0.2) is 4.98 Å². The minimum atomic E-state index is -0.878. The molecule has 0 bridgehead atoms. The Hall–Kier alpha value is -3.31. The molecule has 0 saturated carbocycles. The topological polar surface area (TPSA) is 56.5 Å². The molecule has 0 aliphatic carbocycles. The second-order valence-corrected chi connectivity index (χ2v) is 7.51. The first-order chi connectivity index (χ1) is 14.6. The Morgan fingerprint density at radius 2 is 1.67 bits per heavy atom. The number of aliphatic hydroxyl groups is 1. The van der Waals surface area contributed by atoms with Gasteiger partial charge in [0.2, 0.25) is 0 Å². The molecule has 5 nitrogen and oxygen atoms in total. The number of imidazole rings is 1. The number of aromatic nitrogens is 2. The molecular weight excluding hydrogens is 376 g/mol. The molecule has 1 atom stereocenters. The van der Waals surface area contributed by atoms with Crippen LogP contribution in [0, 0.1) is 0 Å². The first-order valence-corrected chi connectivity index (χ1v) is 10.1. The number of methoxy groups -OCH3 is 1. The van der Waals surface area contributed by atoms with Gasteiger partial charge in [-0.15, -0.1) is 0 Å². The van der Waals surface area contributed by atoms with Crippen molar-refractivity contribution >= 4 is 11.0 Å². The average Bonchev–Trinajstić information content (AvgIpc) is 3.17. The number of rotatable bonds is 7. The monoisotopic (exact) mass is 402 g/mol. The molecule has 1 aromatic heterocycles. The van der Waals surface area contributed by atoms with Crippen molar-refractivity contribution < 1.29 is 14.6 Å². The predicted molar refractivity (Wildman–Crippen MR) is 118 cm³/mol. The lowest BCUT2D eigenvalue weighted by Crippen LogP contribution is -2.12. The van der Waals surface area contributed by atoms with E-state index in [1.807, 2.05) is 72.8 Å². The van der Waals surface area contributed by atoms with Gasteiger partial charge < -0.3 is 19.1 Å². The number of nitrogens with zero attached hydrogens (tertiary/aromatic N) is 2. The van der Waals surface area contributed by atoms with Crippen LogP contribution >= 0.6 is 0 Å². The maximum atomic E-state index is 11.2. The standard InChI is InChI=1S/C25H26N2O3/c1-17(2)27-21-12-8-7-11-20(21)26-25(27)24(28)19-13-14-22(23(15-19)29-3)30-16-18-9-5-4-6-10-18/h4-15,17,24,28H,16H2,1-3H3/t24-/m1/s1. The summed E-state index contributed by atoms with van der Waals surface area (Å²) in [4.78, 5) is 4.71. The molecule has 5 heteroatoms.